The van der Waals surface area contributed by atoms with E-state index in [9.17, 15) is 13.2 Å². The van der Waals surface area contributed by atoms with Gasteiger partial charge in [-0.15, -0.1) is 0 Å². The van der Waals surface area contributed by atoms with Crippen LogP contribution in [-0.4, -0.2) is 19.9 Å². The minimum atomic E-state index is -3.45. The van der Waals surface area contributed by atoms with Gasteiger partial charge in [-0.1, -0.05) is 48.0 Å². The predicted octanol–water partition coefficient (Wildman–Crippen LogP) is 2.81. The third kappa shape index (κ3) is 4.39. The number of para-hydroxylation sites is 1. The molecule has 0 saturated heterocycles. The Morgan fingerprint density at radius 1 is 1.04 bits per heavy atom. The number of hydrogen-bond donors (Lipinski definition) is 2. The van der Waals surface area contributed by atoms with E-state index in [-0.39, 0.29) is 17.9 Å². The lowest BCUT2D eigenvalue weighted by Crippen LogP contribution is -2.28. The first-order chi connectivity index (χ1) is 12.3. The van der Waals surface area contributed by atoms with Gasteiger partial charge in [0.2, 0.25) is 10.0 Å². The normalized spacial score (nSPS) is 11.8. The van der Waals surface area contributed by atoms with E-state index in [4.69, 9.17) is 0 Å². The molecule has 6 heteroatoms. The van der Waals surface area contributed by atoms with Gasteiger partial charge in [-0.3, -0.25) is 4.79 Å². The molecule has 3 aromatic rings. The van der Waals surface area contributed by atoms with Crippen LogP contribution >= 0.6 is 0 Å². The molecule has 3 rings (SSSR count). The second kappa shape index (κ2) is 7.43. The number of sulfonamides is 1. The van der Waals surface area contributed by atoms with Crippen molar-refractivity contribution in [1.29, 1.82) is 0 Å². The van der Waals surface area contributed by atoms with Crippen LogP contribution in [0.25, 0.3) is 10.9 Å². The van der Waals surface area contributed by atoms with Crippen molar-refractivity contribution < 1.29 is 8.42 Å². The van der Waals surface area contributed by atoms with Crippen molar-refractivity contribution in [3.8, 4) is 0 Å². The van der Waals surface area contributed by atoms with Crippen LogP contribution in [-0.2, 0) is 22.2 Å². The number of aryl methyl sites for hydroxylation is 2. The lowest BCUT2D eigenvalue weighted by molar-refractivity contribution is 0.580. The molecule has 0 radical (unpaired) electrons. The van der Waals surface area contributed by atoms with Gasteiger partial charge in [-0.05, 0) is 42.8 Å². The first-order valence-corrected chi connectivity index (χ1v) is 10.1. The summed E-state index contributed by atoms with van der Waals surface area (Å²) in [6.07, 6.45) is 0.340. The molecule has 26 heavy (non-hydrogen) atoms. The van der Waals surface area contributed by atoms with Gasteiger partial charge in [0, 0.05) is 12.1 Å². The van der Waals surface area contributed by atoms with Crippen LogP contribution in [0.5, 0.6) is 0 Å². The van der Waals surface area contributed by atoms with Crippen molar-refractivity contribution >= 4 is 20.9 Å². The smallest absolute Gasteiger partial charge is 0.251 e. The van der Waals surface area contributed by atoms with Crippen molar-refractivity contribution in [3.05, 3.63) is 81.1 Å². The Hall–Kier alpha value is -2.44. The van der Waals surface area contributed by atoms with Crippen LogP contribution < -0.4 is 10.3 Å². The average Bonchev–Trinajstić information content (AvgIpc) is 2.56. The molecule has 0 amide bonds. The second-order valence-corrected chi connectivity index (χ2v) is 8.36. The zero-order valence-electron chi connectivity index (χ0n) is 14.9. The molecule has 2 aromatic carbocycles. The highest BCUT2D eigenvalue weighted by molar-refractivity contribution is 7.88. The predicted molar refractivity (Wildman–Crippen MR) is 105 cm³/mol. The van der Waals surface area contributed by atoms with Crippen molar-refractivity contribution in [1.82, 2.24) is 9.71 Å². The molecule has 0 aliphatic rings. The Balaban J connectivity index is 1.68. The summed E-state index contributed by atoms with van der Waals surface area (Å²) in [5.74, 6) is -0.0675. The summed E-state index contributed by atoms with van der Waals surface area (Å²) in [5, 5.41) is 0.946. The maximum Gasteiger partial charge on any atom is 0.251 e. The summed E-state index contributed by atoms with van der Waals surface area (Å²) in [7, 11) is -3.45. The summed E-state index contributed by atoms with van der Waals surface area (Å²) in [6, 6.07) is 15.1. The summed E-state index contributed by atoms with van der Waals surface area (Å²) in [6.45, 7) is 4.06. The zero-order chi connectivity index (χ0) is 18.7. The number of aromatic nitrogens is 1. The molecule has 0 spiro atoms. The minimum absolute atomic E-state index is 0.0675. The van der Waals surface area contributed by atoms with E-state index in [0.717, 1.165) is 27.6 Å². The van der Waals surface area contributed by atoms with Crippen LogP contribution in [0.15, 0.2) is 53.3 Å². The molecular weight excluding hydrogens is 348 g/mol. The molecule has 0 aliphatic heterocycles. The first kappa shape index (κ1) is 18.4. The quantitative estimate of drug-likeness (QED) is 0.700. The van der Waals surface area contributed by atoms with Gasteiger partial charge >= 0.3 is 0 Å². The number of nitrogens with one attached hydrogen (secondary N) is 2. The maximum atomic E-state index is 12.2. The van der Waals surface area contributed by atoms with E-state index in [1.54, 1.807) is 6.07 Å². The van der Waals surface area contributed by atoms with Crippen molar-refractivity contribution in [2.45, 2.75) is 26.0 Å². The molecular formula is C20H22N2O3S. The zero-order valence-corrected chi connectivity index (χ0v) is 15.7. The van der Waals surface area contributed by atoms with Crippen molar-refractivity contribution in [2.75, 3.05) is 6.54 Å². The fourth-order valence-electron chi connectivity index (χ4n) is 3.03. The third-order valence-electron chi connectivity index (χ3n) is 4.32. The van der Waals surface area contributed by atoms with Gasteiger partial charge in [0.15, 0.2) is 0 Å². The molecule has 136 valence electrons. The standard InChI is InChI=1S/C20H22N2O3S/c1-14-5-3-7-16(11-14)13-26(24,25)21-10-9-18-12-17-8-4-6-15(2)19(17)22-20(18)23/h3-8,11-12,21H,9-10,13H2,1-2H3,(H,22,23). The van der Waals surface area contributed by atoms with E-state index in [1.807, 2.05) is 56.3 Å². The number of pyridine rings is 1. The molecule has 1 heterocycles. The lowest BCUT2D eigenvalue weighted by atomic mass is 10.1. The molecule has 2 N–H and O–H groups in total. The first-order valence-electron chi connectivity index (χ1n) is 8.48. The van der Waals surface area contributed by atoms with Gasteiger partial charge in [-0.2, -0.15) is 0 Å². The van der Waals surface area contributed by atoms with Gasteiger partial charge in [0.25, 0.3) is 5.56 Å². The van der Waals surface area contributed by atoms with Crippen molar-refractivity contribution in [3.63, 3.8) is 0 Å². The maximum absolute atomic E-state index is 12.2. The largest absolute Gasteiger partial charge is 0.321 e. The van der Waals surface area contributed by atoms with E-state index in [1.165, 1.54) is 0 Å². The van der Waals surface area contributed by atoms with Gasteiger partial charge in [0.1, 0.15) is 0 Å². The topological polar surface area (TPSA) is 79.0 Å². The Morgan fingerprint density at radius 2 is 1.81 bits per heavy atom. The molecule has 0 unspecified atom stereocenters. The SMILES string of the molecule is Cc1cccc(CS(=O)(=O)NCCc2cc3cccc(C)c3[nH]c2=O)c1. The minimum Gasteiger partial charge on any atom is -0.321 e. The Kier molecular flexibility index (Phi) is 5.25. The third-order valence-corrected chi connectivity index (χ3v) is 5.68. The van der Waals surface area contributed by atoms with E-state index >= 15 is 0 Å². The highest BCUT2D eigenvalue weighted by Gasteiger charge is 2.12. The highest BCUT2D eigenvalue weighted by Crippen LogP contribution is 2.15. The number of hydrogen-bond acceptors (Lipinski definition) is 3. The van der Waals surface area contributed by atoms with E-state index in [2.05, 4.69) is 9.71 Å². The van der Waals surface area contributed by atoms with E-state index in [0.29, 0.717) is 12.0 Å². The summed E-state index contributed by atoms with van der Waals surface area (Å²) < 4.78 is 27.1. The monoisotopic (exact) mass is 370 g/mol. The number of H-pyrrole nitrogens is 1. The van der Waals surface area contributed by atoms with Crippen molar-refractivity contribution in [2.24, 2.45) is 0 Å². The Morgan fingerprint density at radius 3 is 2.58 bits per heavy atom. The average molecular weight is 370 g/mol. The molecule has 0 aliphatic carbocycles. The lowest BCUT2D eigenvalue weighted by Gasteiger charge is -2.08. The van der Waals surface area contributed by atoms with Gasteiger partial charge in [0.05, 0.1) is 11.3 Å². The molecule has 1 aromatic heterocycles. The van der Waals surface area contributed by atoms with Crippen LogP contribution in [0.3, 0.4) is 0 Å². The Labute approximate surface area is 153 Å². The van der Waals surface area contributed by atoms with Crippen LogP contribution in [0.1, 0.15) is 22.3 Å². The molecule has 0 atom stereocenters. The van der Waals surface area contributed by atoms with Crippen LogP contribution in [0.4, 0.5) is 0 Å². The van der Waals surface area contributed by atoms with Crippen LogP contribution in [0.2, 0.25) is 0 Å². The molecule has 5 nitrogen and oxygen atoms in total. The highest BCUT2D eigenvalue weighted by atomic mass is 32.2. The van der Waals surface area contributed by atoms with E-state index < -0.39 is 10.0 Å². The Bertz CT molecular complexity index is 1100. The molecule has 0 bridgehead atoms. The summed E-state index contributed by atoms with van der Waals surface area (Å²) in [5.41, 5.74) is 3.99. The number of benzene rings is 2. The van der Waals surface area contributed by atoms with Crippen LogP contribution in [0, 0.1) is 13.8 Å². The fourth-order valence-corrected chi connectivity index (χ4v) is 4.16. The number of aromatic amines is 1. The number of rotatable bonds is 6. The second-order valence-electron chi connectivity index (χ2n) is 6.56. The van der Waals surface area contributed by atoms with Gasteiger partial charge < -0.3 is 4.98 Å². The summed E-state index contributed by atoms with van der Waals surface area (Å²) in [4.78, 5) is 15.1. The number of fused-ring (bicyclic) bond motifs is 1. The fraction of sp³-hybridized carbons (Fsp3) is 0.250. The summed E-state index contributed by atoms with van der Waals surface area (Å²) >= 11 is 0. The van der Waals surface area contributed by atoms with Gasteiger partial charge in [-0.25, -0.2) is 13.1 Å². The molecule has 0 saturated carbocycles. The molecule has 0 fully saturated rings.